The van der Waals surface area contributed by atoms with Gasteiger partial charge in [-0.2, -0.15) is 4.31 Å². The SMILES string of the molecule is CC1CN(S(=O)(=O)c2ccc(C(=O)Nc3sccc3C(=O)NN(C)C)cc2)CC(C)O1. The normalized spacial score (nSPS) is 19.9. The summed E-state index contributed by atoms with van der Waals surface area (Å²) in [5.74, 6) is -0.768. The topological polar surface area (TPSA) is 108 Å². The minimum atomic E-state index is -3.68. The molecular formula is C20H26N4O5S2. The largest absolute Gasteiger partial charge is 0.373 e. The summed E-state index contributed by atoms with van der Waals surface area (Å²) in [4.78, 5) is 25.0. The Balaban J connectivity index is 1.73. The Morgan fingerprint density at radius 2 is 1.68 bits per heavy atom. The molecule has 1 aromatic carbocycles. The summed E-state index contributed by atoms with van der Waals surface area (Å²) in [5, 5.41) is 6.36. The van der Waals surface area contributed by atoms with E-state index in [0.29, 0.717) is 10.6 Å². The van der Waals surface area contributed by atoms with Crippen molar-refractivity contribution in [1.29, 1.82) is 0 Å². The van der Waals surface area contributed by atoms with Gasteiger partial charge in [0.25, 0.3) is 11.8 Å². The molecule has 11 heteroatoms. The molecule has 31 heavy (non-hydrogen) atoms. The molecule has 1 saturated heterocycles. The highest BCUT2D eigenvalue weighted by molar-refractivity contribution is 7.89. The van der Waals surface area contributed by atoms with E-state index in [1.807, 2.05) is 13.8 Å². The molecule has 3 rings (SSSR count). The Morgan fingerprint density at radius 1 is 1.06 bits per heavy atom. The van der Waals surface area contributed by atoms with E-state index < -0.39 is 15.9 Å². The van der Waals surface area contributed by atoms with E-state index in [0.717, 1.165) is 0 Å². The number of hydrogen-bond acceptors (Lipinski definition) is 7. The Kier molecular flexibility index (Phi) is 7.12. The van der Waals surface area contributed by atoms with Crippen LogP contribution in [0.5, 0.6) is 0 Å². The predicted octanol–water partition coefficient (Wildman–Crippen LogP) is 2.00. The van der Waals surface area contributed by atoms with Crippen molar-refractivity contribution in [3.63, 3.8) is 0 Å². The van der Waals surface area contributed by atoms with Gasteiger partial charge in [0.2, 0.25) is 10.0 Å². The zero-order chi connectivity index (χ0) is 22.8. The highest BCUT2D eigenvalue weighted by Gasteiger charge is 2.32. The molecule has 2 unspecified atom stereocenters. The molecule has 0 saturated carbocycles. The number of thiophene rings is 1. The van der Waals surface area contributed by atoms with Gasteiger partial charge in [-0.05, 0) is 49.6 Å². The van der Waals surface area contributed by atoms with E-state index >= 15 is 0 Å². The molecule has 0 aliphatic carbocycles. The monoisotopic (exact) mass is 466 g/mol. The standard InChI is InChI=1S/C20H26N4O5S2/c1-13-11-24(12-14(2)29-13)31(27,28)16-7-5-15(6-8-16)18(25)21-20-17(9-10-30-20)19(26)22-23(3)4/h5-10,13-14H,11-12H2,1-4H3,(H,21,25)(H,22,26). The highest BCUT2D eigenvalue weighted by atomic mass is 32.2. The molecule has 0 spiro atoms. The lowest BCUT2D eigenvalue weighted by Gasteiger charge is -2.34. The van der Waals surface area contributed by atoms with Gasteiger partial charge in [0.05, 0.1) is 22.7 Å². The number of nitrogens with one attached hydrogen (secondary N) is 2. The third-order valence-corrected chi connectivity index (χ3v) is 7.28. The highest BCUT2D eigenvalue weighted by Crippen LogP contribution is 2.25. The zero-order valence-corrected chi connectivity index (χ0v) is 19.4. The quantitative estimate of drug-likeness (QED) is 0.631. The van der Waals surface area contributed by atoms with Crippen molar-refractivity contribution in [2.24, 2.45) is 0 Å². The molecule has 9 nitrogen and oxygen atoms in total. The molecule has 2 amide bonds. The molecule has 1 aliphatic rings. The van der Waals surface area contributed by atoms with Gasteiger partial charge in [-0.25, -0.2) is 13.4 Å². The second kappa shape index (κ2) is 9.45. The smallest absolute Gasteiger partial charge is 0.268 e. The van der Waals surface area contributed by atoms with Crippen molar-refractivity contribution in [1.82, 2.24) is 14.7 Å². The molecule has 1 aliphatic heterocycles. The molecule has 0 radical (unpaired) electrons. The third kappa shape index (κ3) is 5.49. The second-order valence-corrected chi connectivity index (χ2v) is 10.4. The minimum Gasteiger partial charge on any atom is -0.373 e. The van der Waals surface area contributed by atoms with Crippen LogP contribution in [0.3, 0.4) is 0 Å². The molecule has 2 N–H and O–H groups in total. The fourth-order valence-corrected chi connectivity index (χ4v) is 5.65. The van der Waals surface area contributed by atoms with Gasteiger partial charge < -0.3 is 10.1 Å². The van der Waals surface area contributed by atoms with Crippen LogP contribution in [0.1, 0.15) is 34.6 Å². The summed E-state index contributed by atoms with van der Waals surface area (Å²) < 4.78 is 32.9. The summed E-state index contributed by atoms with van der Waals surface area (Å²) >= 11 is 1.23. The second-order valence-electron chi connectivity index (χ2n) is 7.56. The Bertz CT molecular complexity index is 1040. The van der Waals surface area contributed by atoms with Crippen molar-refractivity contribution >= 4 is 38.2 Å². The lowest BCUT2D eigenvalue weighted by Crippen LogP contribution is -2.48. The number of anilines is 1. The van der Waals surface area contributed by atoms with Crippen LogP contribution in [0.15, 0.2) is 40.6 Å². The molecule has 2 heterocycles. The fourth-order valence-electron chi connectivity index (χ4n) is 3.28. The van der Waals surface area contributed by atoms with Gasteiger partial charge in [-0.3, -0.25) is 15.0 Å². The van der Waals surface area contributed by atoms with E-state index in [1.165, 1.54) is 44.9 Å². The van der Waals surface area contributed by atoms with Gasteiger partial charge in [0.1, 0.15) is 5.00 Å². The van der Waals surface area contributed by atoms with Crippen molar-refractivity contribution < 1.29 is 22.7 Å². The molecule has 1 fully saturated rings. The van der Waals surface area contributed by atoms with Crippen molar-refractivity contribution in [3.05, 3.63) is 46.8 Å². The van der Waals surface area contributed by atoms with Crippen LogP contribution in [0.4, 0.5) is 5.00 Å². The number of amides is 2. The maximum absolute atomic E-state index is 12.9. The molecular weight excluding hydrogens is 440 g/mol. The number of carbonyl (C=O) groups is 2. The first-order valence-corrected chi connectivity index (χ1v) is 12.0. The summed E-state index contributed by atoms with van der Waals surface area (Å²) in [6.07, 6.45) is -0.374. The van der Waals surface area contributed by atoms with Crippen LogP contribution in [0, 0.1) is 0 Å². The number of nitrogens with zero attached hydrogens (tertiary/aromatic N) is 2. The average Bonchev–Trinajstić information content (AvgIpc) is 3.15. The van der Waals surface area contributed by atoms with Crippen LogP contribution in [-0.4, -0.2) is 68.9 Å². The number of rotatable bonds is 6. The molecule has 2 atom stereocenters. The van der Waals surface area contributed by atoms with Gasteiger partial charge >= 0.3 is 0 Å². The van der Waals surface area contributed by atoms with E-state index in [1.54, 1.807) is 25.5 Å². The number of carbonyl (C=O) groups excluding carboxylic acids is 2. The number of morpholine rings is 1. The summed E-state index contributed by atoms with van der Waals surface area (Å²) in [5.41, 5.74) is 3.27. The molecule has 2 aromatic rings. The third-order valence-electron chi connectivity index (χ3n) is 4.60. The van der Waals surface area contributed by atoms with E-state index in [9.17, 15) is 18.0 Å². The minimum absolute atomic E-state index is 0.118. The van der Waals surface area contributed by atoms with E-state index in [-0.39, 0.29) is 41.7 Å². The fraction of sp³-hybridized carbons (Fsp3) is 0.400. The summed E-state index contributed by atoms with van der Waals surface area (Å²) in [6, 6.07) is 7.39. The lowest BCUT2D eigenvalue weighted by molar-refractivity contribution is -0.0440. The first-order chi connectivity index (χ1) is 14.6. The van der Waals surface area contributed by atoms with Crippen molar-refractivity contribution in [2.75, 3.05) is 32.5 Å². The Labute approximate surface area is 186 Å². The van der Waals surface area contributed by atoms with Crippen LogP contribution < -0.4 is 10.7 Å². The van der Waals surface area contributed by atoms with Gasteiger partial charge in [0, 0.05) is 32.7 Å². The van der Waals surface area contributed by atoms with E-state index in [4.69, 9.17) is 4.74 Å². The van der Waals surface area contributed by atoms with Gasteiger partial charge in [-0.1, -0.05) is 0 Å². The maximum Gasteiger partial charge on any atom is 0.268 e. The number of ether oxygens (including phenoxy) is 1. The number of hydrazine groups is 1. The molecule has 168 valence electrons. The Morgan fingerprint density at radius 3 is 2.26 bits per heavy atom. The first-order valence-electron chi connectivity index (χ1n) is 9.70. The molecule has 0 bridgehead atoms. The Hall–Kier alpha value is -2.31. The maximum atomic E-state index is 12.9. The number of sulfonamides is 1. The van der Waals surface area contributed by atoms with Gasteiger partial charge in [-0.15, -0.1) is 11.3 Å². The van der Waals surface area contributed by atoms with Crippen LogP contribution in [0.25, 0.3) is 0 Å². The molecule has 1 aromatic heterocycles. The van der Waals surface area contributed by atoms with Crippen LogP contribution in [-0.2, 0) is 14.8 Å². The predicted molar refractivity (Wildman–Crippen MR) is 119 cm³/mol. The van der Waals surface area contributed by atoms with Crippen molar-refractivity contribution in [3.8, 4) is 0 Å². The number of hydrogen-bond donors (Lipinski definition) is 2. The van der Waals surface area contributed by atoms with Crippen molar-refractivity contribution in [2.45, 2.75) is 31.0 Å². The van der Waals surface area contributed by atoms with Crippen LogP contribution in [0.2, 0.25) is 0 Å². The lowest BCUT2D eigenvalue weighted by atomic mass is 10.2. The average molecular weight is 467 g/mol. The summed E-state index contributed by atoms with van der Waals surface area (Å²) in [6.45, 7) is 4.24. The summed E-state index contributed by atoms with van der Waals surface area (Å²) in [7, 11) is -0.302. The number of benzene rings is 1. The van der Waals surface area contributed by atoms with Crippen LogP contribution >= 0.6 is 11.3 Å². The van der Waals surface area contributed by atoms with E-state index in [2.05, 4.69) is 10.7 Å². The zero-order valence-electron chi connectivity index (χ0n) is 17.8. The first kappa shape index (κ1) is 23.4. The van der Waals surface area contributed by atoms with Gasteiger partial charge in [0.15, 0.2) is 0 Å².